The van der Waals surface area contributed by atoms with Crippen LogP contribution in [0.15, 0.2) is 60.7 Å². The van der Waals surface area contributed by atoms with E-state index in [4.69, 9.17) is 4.74 Å². The molecule has 0 aliphatic carbocycles. The first kappa shape index (κ1) is 12.6. The molecule has 1 N–H and O–H groups in total. The summed E-state index contributed by atoms with van der Waals surface area (Å²) in [5.41, 5.74) is 0.983. The van der Waals surface area contributed by atoms with Crippen LogP contribution in [0.25, 0.3) is 10.8 Å². The van der Waals surface area contributed by atoms with Gasteiger partial charge >= 0.3 is 0 Å². The number of hydrogen-bond donors (Lipinski definition) is 1. The van der Waals surface area contributed by atoms with E-state index in [0.29, 0.717) is 28.0 Å². The van der Waals surface area contributed by atoms with E-state index in [-0.39, 0.29) is 11.8 Å². The van der Waals surface area contributed by atoms with Gasteiger partial charge in [0.15, 0.2) is 0 Å². The molecule has 1 aliphatic rings. The van der Waals surface area contributed by atoms with Gasteiger partial charge in [-0.15, -0.1) is 0 Å². The number of hydrogen-bond acceptors (Lipinski definition) is 3. The summed E-state index contributed by atoms with van der Waals surface area (Å²) in [6.07, 6.45) is 0. The Kier molecular flexibility index (Phi) is 2.69. The summed E-state index contributed by atoms with van der Waals surface area (Å²) in [4.78, 5) is 24.0. The van der Waals surface area contributed by atoms with Gasteiger partial charge in [0, 0.05) is 21.9 Å². The molecule has 1 heterocycles. The molecule has 0 saturated carbocycles. The number of ether oxygens (including phenoxy) is 1. The Morgan fingerprint density at radius 1 is 0.727 bits per heavy atom. The molecule has 3 aromatic rings. The van der Waals surface area contributed by atoms with Crippen LogP contribution in [-0.2, 0) is 0 Å². The second-order valence-electron chi connectivity index (χ2n) is 5.04. The van der Waals surface area contributed by atoms with E-state index in [1.54, 1.807) is 24.3 Å². The number of carbonyl (C=O) groups is 2. The Morgan fingerprint density at radius 3 is 2.23 bits per heavy atom. The van der Waals surface area contributed by atoms with Gasteiger partial charge in [-0.2, -0.15) is 0 Å². The lowest BCUT2D eigenvalue weighted by atomic mass is 9.95. The third kappa shape index (κ3) is 1.85. The molecule has 4 rings (SSSR count). The molecule has 0 spiro atoms. The molecule has 106 valence electrons. The van der Waals surface area contributed by atoms with Crippen molar-refractivity contribution in [2.45, 2.75) is 0 Å². The molecule has 3 aromatic carbocycles. The van der Waals surface area contributed by atoms with Crippen molar-refractivity contribution in [2.24, 2.45) is 0 Å². The zero-order valence-electron chi connectivity index (χ0n) is 11.5. The van der Waals surface area contributed by atoms with Gasteiger partial charge in [-0.25, -0.2) is 0 Å². The minimum Gasteiger partial charge on any atom is -0.457 e. The molecular formula is C18H11NO3. The number of imide groups is 1. The summed E-state index contributed by atoms with van der Waals surface area (Å²) >= 11 is 0. The Morgan fingerprint density at radius 2 is 1.45 bits per heavy atom. The maximum absolute atomic E-state index is 12.0. The van der Waals surface area contributed by atoms with Crippen molar-refractivity contribution in [2.75, 3.05) is 0 Å². The largest absolute Gasteiger partial charge is 0.457 e. The summed E-state index contributed by atoms with van der Waals surface area (Å²) in [7, 11) is 0. The molecule has 22 heavy (non-hydrogen) atoms. The molecular weight excluding hydrogens is 278 g/mol. The Labute approximate surface area is 126 Å². The van der Waals surface area contributed by atoms with E-state index in [0.717, 1.165) is 5.39 Å². The van der Waals surface area contributed by atoms with Crippen LogP contribution in [0.5, 0.6) is 11.5 Å². The lowest BCUT2D eigenvalue weighted by molar-refractivity contribution is 0.0845. The van der Waals surface area contributed by atoms with E-state index in [2.05, 4.69) is 5.32 Å². The zero-order chi connectivity index (χ0) is 15.1. The fourth-order valence-corrected chi connectivity index (χ4v) is 2.70. The lowest BCUT2D eigenvalue weighted by Crippen LogP contribution is -2.34. The van der Waals surface area contributed by atoms with Crippen LogP contribution in [-0.4, -0.2) is 11.8 Å². The number of rotatable bonds is 2. The fraction of sp³-hybridized carbons (Fsp3) is 0. The highest BCUT2D eigenvalue weighted by atomic mass is 16.5. The maximum atomic E-state index is 12.0. The number of para-hydroxylation sites is 1. The zero-order valence-corrected chi connectivity index (χ0v) is 11.5. The maximum Gasteiger partial charge on any atom is 0.258 e. The third-order valence-electron chi connectivity index (χ3n) is 3.69. The van der Waals surface area contributed by atoms with Gasteiger partial charge in [-0.1, -0.05) is 30.3 Å². The predicted molar refractivity (Wildman–Crippen MR) is 82.3 cm³/mol. The lowest BCUT2D eigenvalue weighted by Gasteiger charge is -2.18. The molecule has 0 fully saturated rings. The van der Waals surface area contributed by atoms with Crippen LogP contribution in [0.3, 0.4) is 0 Å². The van der Waals surface area contributed by atoms with Crippen LogP contribution >= 0.6 is 0 Å². The van der Waals surface area contributed by atoms with Gasteiger partial charge in [0.1, 0.15) is 11.5 Å². The second kappa shape index (κ2) is 4.70. The molecule has 4 nitrogen and oxygen atoms in total. The quantitative estimate of drug-likeness (QED) is 0.734. The number of benzene rings is 3. The summed E-state index contributed by atoms with van der Waals surface area (Å²) in [6.45, 7) is 0. The first-order valence-electron chi connectivity index (χ1n) is 6.88. The highest BCUT2D eigenvalue weighted by molar-refractivity contribution is 6.26. The minimum atomic E-state index is -0.375. The molecule has 2 amide bonds. The smallest absolute Gasteiger partial charge is 0.258 e. The van der Waals surface area contributed by atoms with Crippen LogP contribution in [0.2, 0.25) is 0 Å². The fourth-order valence-electron chi connectivity index (χ4n) is 2.70. The van der Waals surface area contributed by atoms with E-state index < -0.39 is 0 Å². The summed E-state index contributed by atoms with van der Waals surface area (Å²) in [6, 6.07) is 18.2. The topological polar surface area (TPSA) is 55.4 Å². The van der Waals surface area contributed by atoms with Crippen molar-refractivity contribution in [3.05, 3.63) is 71.8 Å². The average molecular weight is 289 g/mol. The summed E-state index contributed by atoms with van der Waals surface area (Å²) < 4.78 is 5.90. The Balaban J connectivity index is 1.95. The van der Waals surface area contributed by atoms with Crippen molar-refractivity contribution >= 4 is 22.6 Å². The molecule has 0 bridgehead atoms. The van der Waals surface area contributed by atoms with Crippen molar-refractivity contribution < 1.29 is 14.3 Å². The molecule has 4 heteroatoms. The van der Waals surface area contributed by atoms with Gasteiger partial charge in [-0.3, -0.25) is 14.9 Å². The standard InChI is InChI=1S/C18H11NO3/c20-17-13-8-4-7-12-15(22-11-5-2-1-3-6-11)10-9-14(16(12)13)18(21)19-17/h1-10H,(H,19,20,21). The average Bonchev–Trinajstić information content (AvgIpc) is 2.54. The van der Waals surface area contributed by atoms with Gasteiger partial charge in [0.2, 0.25) is 0 Å². The molecule has 0 aromatic heterocycles. The van der Waals surface area contributed by atoms with Gasteiger partial charge in [-0.05, 0) is 30.3 Å². The molecule has 0 unspecified atom stereocenters. The van der Waals surface area contributed by atoms with Crippen LogP contribution < -0.4 is 10.1 Å². The van der Waals surface area contributed by atoms with Crippen molar-refractivity contribution in [3.8, 4) is 11.5 Å². The summed E-state index contributed by atoms with van der Waals surface area (Å²) in [5.74, 6) is 0.573. The van der Waals surface area contributed by atoms with E-state index in [9.17, 15) is 9.59 Å². The van der Waals surface area contributed by atoms with Crippen LogP contribution in [0.1, 0.15) is 20.7 Å². The highest BCUT2D eigenvalue weighted by Crippen LogP contribution is 2.35. The summed E-state index contributed by atoms with van der Waals surface area (Å²) in [5, 5.41) is 3.74. The Bertz CT molecular complexity index is 896. The third-order valence-corrected chi connectivity index (χ3v) is 3.69. The predicted octanol–water partition coefficient (Wildman–Crippen LogP) is 3.52. The number of carbonyl (C=O) groups excluding carboxylic acids is 2. The highest BCUT2D eigenvalue weighted by Gasteiger charge is 2.25. The molecule has 0 atom stereocenters. The van der Waals surface area contributed by atoms with Crippen molar-refractivity contribution in [1.29, 1.82) is 0 Å². The SMILES string of the molecule is O=C1NC(=O)c2ccc(Oc3ccccc3)c3cccc1c23. The normalized spacial score (nSPS) is 13.1. The molecule has 0 radical (unpaired) electrons. The first-order valence-corrected chi connectivity index (χ1v) is 6.88. The van der Waals surface area contributed by atoms with Crippen LogP contribution in [0.4, 0.5) is 0 Å². The second-order valence-corrected chi connectivity index (χ2v) is 5.04. The number of amides is 2. The molecule has 1 aliphatic heterocycles. The monoisotopic (exact) mass is 289 g/mol. The van der Waals surface area contributed by atoms with Gasteiger partial charge < -0.3 is 4.74 Å². The van der Waals surface area contributed by atoms with Crippen molar-refractivity contribution in [3.63, 3.8) is 0 Å². The number of nitrogens with one attached hydrogen (secondary N) is 1. The van der Waals surface area contributed by atoms with Gasteiger partial charge in [0.25, 0.3) is 11.8 Å². The van der Waals surface area contributed by atoms with Crippen molar-refractivity contribution in [1.82, 2.24) is 5.32 Å². The van der Waals surface area contributed by atoms with E-state index in [1.807, 2.05) is 36.4 Å². The van der Waals surface area contributed by atoms with E-state index in [1.165, 1.54) is 0 Å². The molecule has 0 saturated heterocycles. The van der Waals surface area contributed by atoms with E-state index >= 15 is 0 Å². The first-order chi connectivity index (χ1) is 10.7. The van der Waals surface area contributed by atoms with Crippen LogP contribution in [0, 0.1) is 0 Å². The minimum absolute atomic E-state index is 0.375. The van der Waals surface area contributed by atoms with Gasteiger partial charge in [0.05, 0.1) is 0 Å². The Hall–Kier alpha value is -3.14.